The summed E-state index contributed by atoms with van der Waals surface area (Å²) in [5.41, 5.74) is 0. The van der Waals surface area contributed by atoms with Gasteiger partial charge in [0.05, 0.1) is 20.3 Å². The van der Waals surface area contributed by atoms with Crippen molar-refractivity contribution >= 4 is 5.97 Å². The van der Waals surface area contributed by atoms with Gasteiger partial charge in [0.25, 0.3) is 0 Å². The molecule has 0 aromatic carbocycles. The highest BCUT2D eigenvalue weighted by Gasteiger charge is 2.31. The minimum Gasteiger partial charge on any atom is -0.468 e. The minimum atomic E-state index is -0.221. The fourth-order valence-electron chi connectivity index (χ4n) is 1.33. The molecule has 1 aliphatic carbocycles. The van der Waals surface area contributed by atoms with Gasteiger partial charge in [0.15, 0.2) is 0 Å². The smallest absolute Gasteiger partial charge is 0.319 e. The number of carbonyl (C=O) groups excluding carboxylic acids is 1. The van der Waals surface area contributed by atoms with E-state index in [1.54, 1.807) is 7.11 Å². The van der Waals surface area contributed by atoms with E-state index in [9.17, 15) is 4.79 Å². The van der Waals surface area contributed by atoms with E-state index in [2.05, 4.69) is 10.1 Å². The van der Waals surface area contributed by atoms with Crippen molar-refractivity contribution in [3.8, 4) is 0 Å². The van der Waals surface area contributed by atoms with Crippen LogP contribution in [0.4, 0.5) is 0 Å². The molecule has 1 saturated carbocycles. The van der Waals surface area contributed by atoms with Crippen molar-refractivity contribution in [2.45, 2.75) is 18.9 Å². The first-order valence-electron chi connectivity index (χ1n) is 4.57. The predicted molar refractivity (Wildman–Crippen MR) is 48.4 cm³/mol. The molecule has 1 unspecified atom stereocenters. The molecule has 0 spiro atoms. The molecule has 0 amide bonds. The summed E-state index contributed by atoms with van der Waals surface area (Å²) in [4.78, 5) is 10.8. The van der Waals surface area contributed by atoms with Gasteiger partial charge in [0.1, 0.15) is 0 Å². The van der Waals surface area contributed by atoms with Gasteiger partial charge < -0.3 is 14.8 Å². The first-order chi connectivity index (χ1) is 6.27. The lowest BCUT2D eigenvalue weighted by molar-refractivity contribution is -0.139. The van der Waals surface area contributed by atoms with Crippen LogP contribution in [0.5, 0.6) is 0 Å². The molecule has 4 heteroatoms. The number of carbonyl (C=O) groups is 1. The van der Waals surface area contributed by atoms with Crippen LogP contribution in [0.25, 0.3) is 0 Å². The van der Waals surface area contributed by atoms with Gasteiger partial charge in [-0.25, -0.2) is 0 Å². The third kappa shape index (κ3) is 3.74. The highest BCUT2D eigenvalue weighted by Crippen LogP contribution is 2.32. The zero-order valence-electron chi connectivity index (χ0n) is 8.21. The highest BCUT2D eigenvalue weighted by molar-refractivity contribution is 5.71. The van der Waals surface area contributed by atoms with Crippen LogP contribution in [0.2, 0.25) is 0 Å². The largest absolute Gasteiger partial charge is 0.468 e. The highest BCUT2D eigenvalue weighted by atomic mass is 16.5. The number of ether oxygens (including phenoxy) is 2. The van der Waals surface area contributed by atoms with Gasteiger partial charge in [0.2, 0.25) is 0 Å². The molecule has 1 atom stereocenters. The number of methoxy groups -OCH3 is 2. The topological polar surface area (TPSA) is 47.6 Å². The lowest BCUT2D eigenvalue weighted by Crippen LogP contribution is -2.38. The molecule has 0 aromatic heterocycles. The van der Waals surface area contributed by atoms with Crippen LogP contribution in [0, 0.1) is 5.92 Å². The lowest BCUT2D eigenvalue weighted by atomic mass is 10.2. The average Bonchev–Trinajstić information content (AvgIpc) is 2.94. The molecule has 13 heavy (non-hydrogen) atoms. The fraction of sp³-hybridized carbons (Fsp3) is 0.889. The summed E-state index contributed by atoms with van der Waals surface area (Å²) in [6.07, 6.45) is 2.48. The van der Waals surface area contributed by atoms with E-state index >= 15 is 0 Å². The number of hydrogen-bond donors (Lipinski definition) is 1. The molecule has 1 N–H and O–H groups in total. The third-order valence-corrected chi connectivity index (χ3v) is 2.27. The van der Waals surface area contributed by atoms with Gasteiger partial charge in [-0.05, 0) is 18.8 Å². The Morgan fingerprint density at radius 1 is 1.54 bits per heavy atom. The Kier molecular flexibility index (Phi) is 4.18. The second-order valence-corrected chi connectivity index (χ2v) is 3.36. The summed E-state index contributed by atoms with van der Waals surface area (Å²) >= 11 is 0. The van der Waals surface area contributed by atoms with Gasteiger partial charge in [-0.1, -0.05) is 0 Å². The van der Waals surface area contributed by atoms with Gasteiger partial charge in [-0.15, -0.1) is 0 Å². The average molecular weight is 187 g/mol. The van der Waals surface area contributed by atoms with E-state index < -0.39 is 0 Å². The van der Waals surface area contributed by atoms with Gasteiger partial charge in [-0.3, -0.25) is 4.79 Å². The molecule has 4 nitrogen and oxygen atoms in total. The van der Waals surface area contributed by atoms with Crippen LogP contribution in [0.3, 0.4) is 0 Å². The molecule has 0 bridgehead atoms. The third-order valence-electron chi connectivity index (χ3n) is 2.27. The zero-order chi connectivity index (χ0) is 9.68. The maximum atomic E-state index is 10.8. The molecule has 1 rings (SSSR count). The van der Waals surface area contributed by atoms with Crippen LogP contribution in [0.15, 0.2) is 0 Å². The van der Waals surface area contributed by atoms with Crippen molar-refractivity contribution in [2.24, 2.45) is 5.92 Å². The van der Waals surface area contributed by atoms with E-state index in [1.807, 2.05) is 0 Å². The summed E-state index contributed by atoms with van der Waals surface area (Å²) in [6, 6.07) is 0.309. The van der Waals surface area contributed by atoms with Crippen LogP contribution < -0.4 is 5.32 Å². The van der Waals surface area contributed by atoms with E-state index in [0.717, 1.165) is 0 Å². The van der Waals surface area contributed by atoms with E-state index in [1.165, 1.54) is 20.0 Å². The van der Waals surface area contributed by atoms with Crippen LogP contribution in [-0.2, 0) is 14.3 Å². The quantitative estimate of drug-likeness (QED) is 0.602. The maximum Gasteiger partial charge on any atom is 0.319 e. The first-order valence-corrected chi connectivity index (χ1v) is 4.57. The Morgan fingerprint density at radius 3 is 2.69 bits per heavy atom. The number of nitrogens with one attached hydrogen (secondary N) is 1. The zero-order valence-corrected chi connectivity index (χ0v) is 8.21. The number of esters is 1. The van der Waals surface area contributed by atoms with Crippen LogP contribution in [0.1, 0.15) is 12.8 Å². The Morgan fingerprint density at radius 2 is 2.23 bits per heavy atom. The van der Waals surface area contributed by atoms with Crippen molar-refractivity contribution < 1.29 is 14.3 Å². The second-order valence-electron chi connectivity index (χ2n) is 3.36. The van der Waals surface area contributed by atoms with E-state index in [4.69, 9.17) is 4.74 Å². The van der Waals surface area contributed by atoms with Crippen LogP contribution in [-0.4, -0.2) is 39.4 Å². The van der Waals surface area contributed by atoms with Gasteiger partial charge in [0, 0.05) is 13.2 Å². The molecule has 0 aliphatic heterocycles. The van der Waals surface area contributed by atoms with E-state index in [-0.39, 0.29) is 12.5 Å². The fourth-order valence-corrected chi connectivity index (χ4v) is 1.33. The van der Waals surface area contributed by atoms with Crippen molar-refractivity contribution in [3.63, 3.8) is 0 Å². The minimum absolute atomic E-state index is 0.221. The molecule has 76 valence electrons. The summed E-state index contributed by atoms with van der Waals surface area (Å²) in [6.45, 7) is 0.947. The summed E-state index contributed by atoms with van der Waals surface area (Å²) in [5.74, 6) is 0.464. The van der Waals surface area contributed by atoms with E-state index in [0.29, 0.717) is 18.6 Å². The molecular weight excluding hydrogens is 170 g/mol. The molecule has 1 aliphatic rings. The first kappa shape index (κ1) is 10.5. The predicted octanol–water partition coefficient (Wildman–Crippen LogP) is 0.174. The molecule has 0 aromatic rings. The number of hydrogen-bond acceptors (Lipinski definition) is 4. The molecule has 0 saturated heterocycles. The Hall–Kier alpha value is -0.610. The van der Waals surface area contributed by atoms with Crippen molar-refractivity contribution in [3.05, 3.63) is 0 Å². The van der Waals surface area contributed by atoms with Gasteiger partial charge >= 0.3 is 5.97 Å². The molecule has 0 heterocycles. The van der Waals surface area contributed by atoms with Gasteiger partial charge in [-0.2, -0.15) is 0 Å². The van der Waals surface area contributed by atoms with Crippen molar-refractivity contribution in [1.29, 1.82) is 0 Å². The molecule has 0 radical (unpaired) electrons. The molecule has 1 fully saturated rings. The Labute approximate surface area is 78.6 Å². The second kappa shape index (κ2) is 5.19. The van der Waals surface area contributed by atoms with Crippen LogP contribution >= 0.6 is 0 Å². The standard InChI is InChI=1S/C9H17NO3/c1-12-6-8(7-3-4-7)10-5-9(11)13-2/h7-8,10H,3-6H2,1-2H3. The summed E-state index contributed by atoms with van der Waals surface area (Å²) < 4.78 is 9.59. The Bertz CT molecular complexity index is 168. The monoisotopic (exact) mass is 187 g/mol. The lowest BCUT2D eigenvalue weighted by Gasteiger charge is -2.15. The molecular formula is C9H17NO3. The van der Waals surface area contributed by atoms with Crippen molar-refractivity contribution in [1.82, 2.24) is 5.32 Å². The number of rotatable bonds is 6. The summed E-state index contributed by atoms with van der Waals surface area (Å²) in [5, 5.41) is 3.13. The SMILES string of the molecule is COCC(NCC(=O)OC)C1CC1. The summed E-state index contributed by atoms with van der Waals surface area (Å²) in [7, 11) is 3.07. The van der Waals surface area contributed by atoms with Crippen molar-refractivity contribution in [2.75, 3.05) is 27.4 Å². The normalized spacial score (nSPS) is 18.3. The Balaban J connectivity index is 2.17. The maximum absolute atomic E-state index is 10.8.